The fourth-order valence-electron chi connectivity index (χ4n) is 3.65. The van der Waals surface area contributed by atoms with E-state index in [0.29, 0.717) is 5.92 Å². The lowest BCUT2D eigenvalue weighted by Gasteiger charge is -2.27. The van der Waals surface area contributed by atoms with Crippen molar-refractivity contribution in [2.45, 2.75) is 62.9 Å². The number of methoxy groups -OCH3 is 1. The maximum Gasteiger partial charge on any atom is 0.264 e. The van der Waals surface area contributed by atoms with Crippen molar-refractivity contribution >= 4 is 22.6 Å². The Balaban J connectivity index is 2.06. The molecule has 0 unspecified atom stereocenters. The number of hydrogen-bond donors (Lipinski definition) is 1. The Morgan fingerprint density at radius 3 is 2.50 bits per heavy atom. The molecule has 0 atom stereocenters. The third kappa shape index (κ3) is 2.43. The minimum atomic E-state index is -0.364. The molecule has 0 spiro atoms. The maximum atomic E-state index is 12.3. The van der Waals surface area contributed by atoms with Crippen molar-refractivity contribution in [3.8, 4) is 0 Å². The van der Waals surface area contributed by atoms with Gasteiger partial charge in [0.1, 0.15) is 11.4 Å². The lowest BCUT2D eigenvalue weighted by atomic mass is 9.99. The number of H-pyrrole nitrogens is 1. The van der Waals surface area contributed by atoms with Crippen LogP contribution in [0.15, 0.2) is 4.79 Å². The fourth-order valence-corrected chi connectivity index (χ4v) is 4.34. The van der Waals surface area contributed by atoms with E-state index in [0.717, 1.165) is 53.6 Å². The molecule has 0 bridgehead atoms. The van der Waals surface area contributed by atoms with Gasteiger partial charge in [0.2, 0.25) is 0 Å². The second-order valence-electron chi connectivity index (χ2n) is 6.00. The number of ether oxygens (including phenoxy) is 1. The highest BCUT2D eigenvalue weighted by atomic mass is 127. The van der Waals surface area contributed by atoms with Gasteiger partial charge in [-0.1, -0.05) is 12.8 Å². The summed E-state index contributed by atoms with van der Waals surface area (Å²) in [6.45, 7) is 0. The normalized spacial score (nSPS) is 22.5. The van der Waals surface area contributed by atoms with Crippen molar-refractivity contribution in [3.63, 3.8) is 0 Å². The molecule has 5 heteroatoms. The van der Waals surface area contributed by atoms with Gasteiger partial charge in [-0.3, -0.25) is 4.79 Å². The molecule has 1 aromatic heterocycles. The van der Waals surface area contributed by atoms with Gasteiger partial charge in [-0.15, -0.1) is 0 Å². The molecule has 110 valence electrons. The number of aromatic nitrogens is 2. The van der Waals surface area contributed by atoms with Crippen molar-refractivity contribution in [3.05, 3.63) is 25.4 Å². The highest BCUT2D eigenvalue weighted by Gasteiger charge is 2.39. The Morgan fingerprint density at radius 2 is 1.90 bits per heavy atom. The minimum Gasteiger partial charge on any atom is -0.370 e. The zero-order chi connectivity index (χ0) is 14.2. The van der Waals surface area contributed by atoms with Crippen molar-refractivity contribution < 1.29 is 4.74 Å². The first-order valence-corrected chi connectivity index (χ1v) is 8.59. The zero-order valence-electron chi connectivity index (χ0n) is 11.9. The molecule has 0 aromatic carbocycles. The Hall–Kier alpha value is -0.430. The summed E-state index contributed by atoms with van der Waals surface area (Å²) < 4.78 is 6.53. The zero-order valence-corrected chi connectivity index (χ0v) is 14.0. The summed E-state index contributed by atoms with van der Waals surface area (Å²) in [7, 11) is 1.73. The topological polar surface area (TPSA) is 55.0 Å². The van der Waals surface area contributed by atoms with Gasteiger partial charge in [0, 0.05) is 13.0 Å². The highest BCUT2D eigenvalue weighted by molar-refractivity contribution is 14.1. The number of nitrogens with zero attached hydrogens (tertiary/aromatic N) is 1. The van der Waals surface area contributed by atoms with E-state index < -0.39 is 0 Å². The highest BCUT2D eigenvalue weighted by Crippen LogP contribution is 2.41. The summed E-state index contributed by atoms with van der Waals surface area (Å²) in [5.41, 5.74) is 0.641. The summed E-state index contributed by atoms with van der Waals surface area (Å²) >= 11 is 2.14. The van der Waals surface area contributed by atoms with Crippen LogP contribution in [0.25, 0.3) is 0 Å². The molecule has 2 fully saturated rings. The van der Waals surface area contributed by atoms with Gasteiger partial charge < -0.3 is 9.72 Å². The van der Waals surface area contributed by atoms with Gasteiger partial charge in [0.25, 0.3) is 5.56 Å². The Morgan fingerprint density at radius 1 is 1.25 bits per heavy atom. The number of halogens is 1. The predicted octanol–water partition coefficient (Wildman–Crippen LogP) is 3.45. The van der Waals surface area contributed by atoms with Crippen LogP contribution in [0.5, 0.6) is 0 Å². The molecule has 3 rings (SSSR count). The second-order valence-corrected chi connectivity index (χ2v) is 7.08. The molecule has 4 nitrogen and oxygen atoms in total. The molecule has 2 aliphatic rings. The van der Waals surface area contributed by atoms with Gasteiger partial charge in [-0.25, -0.2) is 4.98 Å². The second kappa shape index (κ2) is 5.75. The van der Waals surface area contributed by atoms with Crippen LogP contribution in [0.3, 0.4) is 0 Å². The summed E-state index contributed by atoms with van der Waals surface area (Å²) in [5, 5.41) is 0. The molecular weight excluding hydrogens is 367 g/mol. The lowest BCUT2D eigenvalue weighted by molar-refractivity contribution is -0.0167. The van der Waals surface area contributed by atoms with Crippen molar-refractivity contribution in [1.82, 2.24) is 9.97 Å². The fraction of sp³-hybridized carbons (Fsp3) is 0.733. The first-order chi connectivity index (χ1) is 9.66. The molecule has 0 saturated heterocycles. The summed E-state index contributed by atoms with van der Waals surface area (Å²) in [6.07, 6.45) is 9.01. The summed E-state index contributed by atoms with van der Waals surface area (Å²) in [4.78, 5) is 20.1. The number of nitrogens with one attached hydrogen (secondary N) is 1. The monoisotopic (exact) mass is 388 g/mol. The first-order valence-electron chi connectivity index (χ1n) is 7.51. The SMILES string of the molecule is COC1(c2nc(C3CCCC3)c(I)c(=O)[nH]2)CCCC1. The van der Waals surface area contributed by atoms with Crippen molar-refractivity contribution in [1.29, 1.82) is 0 Å². The summed E-state index contributed by atoms with van der Waals surface area (Å²) in [5.74, 6) is 1.21. The van der Waals surface area contributed by atoms with Crippen LogP contribution < -0.4 is 5.56 Å². The van der Waals surface area contributed by atoms with Crippen LogP contribution in [0.4, 0.5) is 0 Å². The molecule has 0 radical (unpaired) electrons. The third-order valence-electron chi connectivity index (χ3n) is 4.86. The summed E-state index contributed by atoms with van der Waals surface area (Å²) in [6, 6.07) is 0. The van der Waals surface area contributed by atoms with Crippen LogP contribution in [-0.4, -0.2) is 17.1 Å². The molecule has 1 N–H and O–H groups in total. The quantitative estimate of drug-likeness (QED) is 0.808. The van der Waals surface area contributed by atoms with Crippen LogP contribution >= 0.6 is 22.6 Å². The van der Waals surface area contributed by atoms with Gasteiger partial charge in [-0.2, -0.15) is 0 Å². The molecule has 2 aliphatic carbocycles. The first kappa shape index (κ1) is 14.5. The van der Waals surface area contributed by atoms with Crippen LogP contribution in [0.2, 0.25) is 0 Å². The van der Waals surface area contributed by atoms with E-state index in [2.05, 4.69) is 27.6 Å². The molecule has 1 heterocycles. The maximum absolute atomic E-state index is 12.3. The average molecular weight is 388 g/mol. The van der Waals surface area contributed by atoms with E-state index in [9.17, 15) is 4.79 Å². The van der Waals surface area contributed by atoms with E-state index >= 15 is 0 Å². The molecule has 1 aromatic rings. The van der Waals surface area contributed by atoms with Gasteiger partial charge >= 0.3 is 0 Å². The predicted molar refractivity (Wildman–Crippen MR) is 85.9 cm³/mol. The molecular formula is C15H21IN2O2. The molecule has 20 heavy (non-hydrogen) atoms. The lowest BCUT2D eigenvalue weighted by Crippen LogP contribution is -2.32. The van der Waals surface area contributed by atoms with E-state index in [-0.39, 0.29) is 11.2 Å². The van der Waals surface area contributed by atoms with E-state index in [1.807, 2.05) is 0 Å². The van der Waals surface area contributed by atoms with Crippen molar-refractivity contribution in [2.24, 2.45) is 0 Å². The third-order valence-corrected chi connectivity index (χ3v) is 5.91. The van der Waals surface area contributed by atoms with E-state index in [1.54, 1.807) is 7.11 Å². The van der Waals surface area contributed by atoms with Crippen LogP contribution in [0, 0.1) is 3.57 Å². The Kier molecular flexibility index (Phi) is 4.17. The van der Waals surface area contributed by atoms with Crippen LogP contribution in [0.1, 0.15) is 68.8 Å². The van der Waals surface area contributed by atoms with Gasteiger partial charge in [0.15, 0.2) is 0 Å². The smallest absolute Gasteiger partial charge is 0.264 e. The Bertz CT molecular complexity index is 543. The van der Waals surface area contributed by atoms with E-state index in [1.165, 1.54) is 12.8 Å². The Labute approximate surface area is 132 Å². The van der Waals surface area contributed by atoms with Crippen LogP contribution in [-0.2, 0) is 10.3 Å². The minimum absolute atomic E-state index is 0.000764. The molecule has 0 amide bonds. The largest absolute Gasteiger partial charge is 0.370 e. The average Bonchev–Trinajstić information content (AvgIpc) is 3.12. The van der Waals surface area contributed by atoms with Gasteiger partial charge in [-0.05, 0) is 61.1 Å². The molecule has 2 saturated carbocycles. The number of hydrogen-bond acceptors (Lipinski definition) is 3. The van der Waals surface area contributed by atoms with E-state index in [4.69, 9.17) is 9.72 Å². The molecule has 0 aliphatic heterocycles. The van der Waals surface area contributed by atoms with Crippen molar-refractivity contribution in [2.75, 3.05) is 7.11 Å². The number of rotatable bonds is 3. The van der Waals surface area contributed by atoms with Gasteiger partial charge in [0.05, 0.1) is 9.26 Å². The standard InChI is InChI=1S/C15H21IN2O2/c1-20-15(8-4-5-9-15)14-17-12(10-6-2-3-7-10)11(16)13(19)18-14/h10H,2-9H2,1H3,(H,17,18,19). The number of aromatic amines is 1.